The highest BCUT2D eigenvalue weighted by Crippen LogP contribution is 2.15. The lowest BCUT2D eigenvalue weighted by molar-refractivity contribution is -0.137. The highest BCUT2D eigenvalue weighted by Gasteiger charge is 2.17. The van der Waals surface area contributed by atoms with E-state index < -0.39 is 0 Å². The van der Waals surface area contributed by atoms with Gasteiger partial charge in [0.25, 0.3) is 0 Å². The van der Waals surface area contributed by atoms with E-state index in [4.69, 9.17) is 9.47 Å². The van der Waals surface area contributed by atoms with Crippen LogP contribution in [0, 0.1) is 0 Å². The lowest BCUT2D eigenvalue weighted by atomic mass is 10.3. The Hall–Kier alpha value is -0.340. The van der Waals surface area contributed by atoms with Crippen molar-refractivity contribution in [2.75, 3.05) is 6.61 Å². The second kappa shape index (κ2) is 4.52. The molecule has 0 N–H and O–H groups in total. The molecule has 1 aliphatic rings. The van der Waals surface area contributed by atoms with Gasteiger partial charge in [-0.3, -0.25) is 0 Å². The summed E-state index contributed by atoms with van der Waals surface area (Å²) >= 11 is 0. The van der Waals surface area contributed by atoms with Crippen molar-refractivity contribution in [3.8, 4) is 0 Å². The SMILES string of the molecule is C=CC[C@H](C)O[C@H]1CCCO1. The molecule has 0 aromatic rings. The quantitative estimate of drug-likeness (QED) is 0.580. The fourth-order valence-electron chi connectivity index (χ4n) is 1.20. The number of hydrogen-bond donors (Lipinski definition) is 0. The molecule has 64 valence electrons. The molecular formula is C9H16O2. The summed E-state index contributed by atoms with van der Waals surface area (Å²) in [4.78, 5) is 0. The summed E-state index contributed by atoms with van der Waals surface area (Å²) in [6.07, 6.45) is 5.24. The maximum atomic E-state index is 5.56. The van der Waals surface area contributed by atoms with Crippen molar-refractivity contribution in [2.45, 2.75) is 38.6 Å². The van der Waals surface area contributed by atoms with Crippen LogP contribution in [0.1, 0.15) is 26.2 Å². The molecule has 0 bridgehead atoms. The van der Waals surface area contributed by atoms with E-state index in [1.165, 1.54) is 0 Å². The Bertz CT molecular complexity index is 117. The predicted octanol–water partition coefficient (Wildman–Crippen LogP) is 2.10. The molecule has 0 radical (unpaired) electrons. The van der Waals surface area contributed by atoms with Gasteiger partial charge in [0, 0.05) is 13.0 Å². The van der Waals surface area contributed by atoms with Crippen LogP contribution in [-0.4, -0.2) is 19.0 Å². The summed E-state index contributed by atoms with van der Waals surface area (Å²) in [5, 5.41) is 0. The van der Waals surface area contributed by atoms with Crippen molar-refractivity contribution < 1.29 is 9.47 Å². The third kappa shape index (κ3) is 3.04. The van der Waals surface area contributed by atoms with Gasteiger partial charge in [0.15, 0.2) is 6.29 Å². The zero-order valence-electron chi connectivity index (χ0n) is 7.08. The third-order valence-corrected chi connectivity index (χ3v) is 1.77. The van der Waals surface area contributed by atoms with E-state index >= 15 is 0 Å². The van der Waals surface area contributed by atoms with Crippen LogP contribution in [0.5, 0.6) is 0 Å². The maximum Gasteiger partial charge on any atom is 0.158 e. The average molecular weight is 156 g/mol. The lowest BCUT2D eigenvalue weighted by Gasteiger charge is -2.16. The van der Waals surface area contributed by atoms with Crippen molar-refractivity contribution in [3.63, 3.8) is 0 Å². The first kappa shape index (κ1) is 8.75. The van der Waals surface area contributed by atoms with Crippen LogP contribution in [-0.2, 0) is 9.47 Å². The Labute approximate surface area is 68.2 Å². The monoisotopic (exact) mass is 156 g/mol. The van der Waals surface area contributed by atoms with Gasteiger partial charge in [-0.2, -0.15) is 0 Å². The van der Waals surface area contributed by atoms with E-state index in [1.807, 2.05) is 13.0 Å². The van der Waals surface area contributed by atoms with Gasteiger partial charge in [0.2, 0.25) is 0 Å². The van der Waals surface area contributed by atoms with E-state index in [1.54, 1.807) is 0 Å². The summed E-state index contributed by atoms with van der Waals surface area (Å²) in [7, 11) is 0. The largest absolute Gasteiger partial charge is 0.353 e. The Morgan fingerprint density at radius 1 is 1.82 bits per heavy atom. The molecule has 0 amide bonds. The molecule has 2 heteroatoms. The standard InChI is InChI=1S/C9H16O2/c1-3-5-8(2)11-9-6-4-7-10-9/h3,8-9H,1,4-7H2,2H3/t8-,9-/m0/s1. The van der Waals surface area contributed by atoms with Gasteiger partial charge in [-0.1, -0.05) is 6.08 Å². The van der Waals surface area contributed by atoms with Gasteiger partial charge < -0.3 is 9.47 Å². The van der Waals surface area contributed by atoms with Crippen LogP contribution in [0.3, 0.4) is 0 Å². The van der Waals surface area contributed by atoms with E-state index in [9.17, 15) is 0 Å². The molecule has 2 atom stereocenters. The first-order valence-corrected chi connectivity index (χ1v) is 4.21. The van der Waals surface area contributed by atoms with Gasteiger partial charge >= 0.3 is 0 Å². The molecule has 0 spiro atoms. The topological polar surface area (TPSA) is 18.5 Å². The second-order valence-corrected chi connectivity index (χ2v) is 2.91. The van der Waals surface area contributed by atoms with Crippen molar-refractivity contribution in [3.05, 3.63) is 12.7 Å². The molecule has 1 aliphatic heterocycles. The summed E-state index contributed by atoms with van der Waals surface area (Å²) < 4.78 is 10.9. The summed E-state index contributed by atoms with van der Waals surface area (Å²) in [5.41, 5.74) is 0. The molecule has 0 aromatic heterocycles. The molecule has 0 aromatic carbocycles. The number of ether oxygens (including phenoxy) is 2. The highest BCUT2D eigenvalue weighted by molar-refractivity contribution is 4.71. The van der Waals surface area contributed by atoms with E-state index in [0.717, 1.165) is 25.9 Å². The maximum absolute atomic E-state index is 5.56. The number of hydrogen-bond acceptors (Lipinski definition) is 2. The van der Waals surface area contributed by atoms with Crippen LogP contribution in [0.25, 0.3) is 0 Å². The van der Waals surface area contributed by atoms with Gasteiger partial charge in [0.05, 0.1) is 6.10 Å². The van der Waals surface area contributed by atoms with Crippen molar-refractivity contribution >= 4 is 0 Å². The Kier molecular flexibility index (Phi) is 3.60. The second-order valence-electron chi connectivity index (χ2n) is 2.91. The van der Waals surface area contributed by atoms with Crippen LogP contribution in [0.2, 0.25) is 0 Å². The smallest absolute Gasteiger partial charge is 0.158 e. The molecule has 1 saturated heterocycles. The van der Waals surface area contributed by atoms with Crippen molar-refractivity contribution in [2.24, 2.45) is 0 Å². The molecule has 1 fully saturated rings. The highest BCUT2D eigenvalue weighted by atomic mass is 16.7. The third-order valence-electron chi connectivity index (χ3n) is 1.77. The van der Waals surface area contributed by atoms with Crippen molar-refractivity contribution in [1.29, 1.82) is 0 Å². The van der Waals surface area contributed by atoms with E-state index in [2.05, 4.69) is 6.58 Å². The average Bonchev–Trinajstić information content (AvgIpc) is 2.40. The van der Waals surface area contributed by atoms with Gasteiger partial charge in [-0.05, 0) is 19.8 Å². The Balaban J connectivity index is 2.12. The molecule has 0 saturated carbocycles. The molecular weight excluding hydrogens is 140 g/mol. The molecule has 2 nitrogen and oxygen atoms in total. The van der Waals surface area contributed by atoms with Gasteiger partial charge in [-0.15, -0.1) is 6.58 Å². The predicted molar refractivity (Wildman–Crippen MR) is 44.3 cm³/mol. The summed E-state index contributed by atoms with van der Waals surface area (Å²) in [5.74, 6) is 0. The fourth-order valence-corrected chi connectivity index (χ4v) is 1.20. The van der Waals surface area contributed by atoms with Gasteiger partial charge in [0.1, 0.15) is 0 Å². The van der Waals surface area contributed by atoms with Gasteiger partial charge in [-0.25, -0.2) is 0 Å². The molecule has 1 heterocycles. The normalized spacial score (nSPS) is 26.8. The minimum atomic E-state index is 0.0462. The van der Waals surface area contributed by atoms with E-state index in [0.29, 0.717) is 0 Å². The van der Waals surface area contributed by atoms with Crippen LogP contribution >= 0.6 is 0 Å². The first-order chi connectivity index (χ1) is 5.33. The van der Waals surface area contributed by atoms with Crippen LogP contribution < -0.4 is 0 Å². The minimum Gasteiger partial charge on any atom is -0.353 e. The zero-order valence-corrected chi connectivity index (χ0v) is 7.08. The molecule has 0 aliphatic carbocycles. The molecule has 11 heavy (non-hydrogen) atoms. The Morgan fingerprint density at radius 2 is 2.64 bits per heavy atom. The molecule has 0 unspecified atom stereocenters. The first-order valence-electron chi connectivity index (χ1n) is 4.21. The summed E-state index contributed by atoms with van der Waals surface area (Å²) in [6.45, 7) is 6.55. The molecule has 1 rings (SSSR count). The van der Waals surface area contributed by atoms with E-state index in [-0.39, 0.29) is 12.4 Å². The van der Waals surface area contributed by atoms with Crippen LogP contribution in [0.15, 0.2) is 12.7 Å². The minimum absolute atomic E-state index is 0.0462. The summed E-state index contributed by atoms with van der Waals surface area (Å²) in [6, 6.07) is 0. The zero-order chi connectivity index (χ0) is 8.10. The number of rotatable bonds is 4. The van der Waals surface area contributed by atoms with Crippen molar-refractivity contribution in [1.82, 2.24) is 0 Å². The lowest BCUT2D eigenvalue weighted by Crippen LogP contribution is -2.17. The fraction of sp³-hybridized carbons (Fsp3) is 0.778. The Morgan fingerprint density at radius 3 is 3.18 bits per heavy atom. The van der Waals surface area contributed by atoms with Crippen LogP contribution in [0.4, 0.5) is 0 Å².